The SMILES string of the molecule is Cc1ccc(OCc2cccc(C(=O)NCc3c(Cl)cnn3C)c2)c(C)c1. The second kappa shape index (κ2) is 8.27. The number of hydrogen-bond donors (Lipinski definition) is 1. The lowest BCUT2D eigenvalue weighted by atomic mass is 10.1. The summed E-state index contributed by atoms with van der Waals surface area (Å²) in [4.78, 5) is 12.5. The van der Waals surface area contributed by atoms with Crippen molar-refractivity contribution in [3.8, 4) is 5.75 Å². The van der Waals surface area contributed by atoms with E-state index in [1.807, 2.05) is 37.3 Å². The van der Waals surface area contributed by atoms with Gasteiger partial charge in [-0.25, -0.2) is 0 Å². The molecule has 0 spiro atoms. The lowest BCUT2D eigenvalue weighted by molar-refractivity contribution is 0.0950. The van der Waals surface area contributed by atoms with Gasteiger partial charge in [-0.2, -0.15) is 5.10 Å². The summed E-state index contributed by atoms with van der Waals surface area (Å²) in [6, 6.07) is 13.5. The number of aryl methyl sites for hydroxylation is 3. The van der Waals surface area contributed by atoms with Crippen LogP contribution in [-0.2, 0) is 20.2 Å². The second-order valence-electron chi connectivity index (χ2n) is 6.50. The monoisotopic (exact) mass is 383 g/mol. The molecule has 1 amide bonds. The van der Waals surface area contributed by atoms with Gasteiger partial charge in [-0.05, 0) is 43.2 Å². The number of carbonyl (C=O) groups is 1. The van der Waals surface area contributed by atoms with E-state index in [1.165, 1.54) is 5.56 Å². The van der Waals surface area contributed by atoms with Crippen molar-refractivity contribution in [1.29, 1.82) is 0 Å². The van der Waals surface area contributed by atoms with Gasteiger partial charge < -0.3 is 10.1 Å². The Morgan fingerprint density at radius 3 is 2.74 bits per heavy atom. The molecule has 0 aliphatic heterocycles. The van der Waals surface area contributed by atoms with Crippen LogP contribution < -0.4 is 10.1 Å². The fraction of sp³-hybridized carbons (Fsp3) is 0.238. The molecule has 0 saturated heterocycles. The van der Waals surface area contributed by atoms with Crippen LogP contribution in [0.15, 0.2) is 48.7 Å². The molecule has 0 saturated carbocycles. The van der Waals surface area contributed by atoms with Gasteiger partial charge in [0.2, 0.25) is 0 Å². The molecule has 27 heavy (non-hydrogen) atoms. The van der Waals surface area contributed by atoms with Crippen molar-refractivity contribution < 1.29 is 9.53 Å². The Morgan fingerprint density at radius 2 is 2.04 bits per heavy atom. The van der Waals surface area contributed by atoms with Gasteiger partial charge in [0, 0.05) is 12.6 Å². The molecule has 0 aliphatic rings. The number of nitrogens with one attached hydrogen (secondary N) is 1. The predicted molar refractivity (Wildman–Crippen MR) is 106 cm³/mol. The van der Waals surface area contributed by atoms with Crippen molar-refractivity contribution in [3.63, 3.8) is 0 Å². The largest absolute Gasteiger partial charge is 0.489 e. The van der Waals surface area contributed by atoms with Crippen LogP contribution in [0.2, 0.25) is 5.02 Å². The molecule has 1 heterocycles. The molecule has 3 aromatic rings. The normalized spacial score (nSPS) is 10.7. The van der Waals surface area contributed by atoms with E-state index in [9.17, 15) is 4.79 Å². The zero-order chi connectivity index (χ0) is 19.4. The maximum absolute atomic E-state index is 12.5. The van der Waals surface area contributed by atoms with E-state index in [1.54, 1.807) is 24.0 Å². The van der Waals surface area contributed by atoms with Gasteiger partial charge in [0.1, 0.15) is 12.4 Å². The van der Waals surface area contributed by atoms with Crippen molar-refractivity contribution in [1.82, 2.24) is 15.1 Å². The molecule has 0 radical (unpaired) electrons. The number of rotatable bonds is 6. The van der Waals surface area contributed by atoms with Gasteiger partial charge in [-0.1, -0.05) is 41.4 Å². The van der Waals surface area contributed by atoms with Gasteiger partial charge in [-0.3, -0.25) is 9.48 Å². The molecule has 6 heteroatoms. The first-order valence-corrected chi connectivity index (χ1v) is 9.05. The number of benzene rings is 2. The molecule has 1 aromatic heterocycles. The fourth-order valence-corrected chi connectivity index (χ4v) is 3.06. The number of carbonyl (C=O) groups excluding carboxylic acids is 1. The maximum Gasteiger partial charge on any atom is 0.251 e. The van der Waals surface area contributed by atoms with Crippen LogP contribution in [0.5, 0.6) is 5.75 Å². The van der Waals surface area contributed by atoms with E-state index in [0.29, 0.717) is 23.7 Å². The summed E-state index contributed by atoms with van der Waals surface area (Å²) in [5, 5.41) is 7.47. The molecule has 0 unspecified atom stereocenters. The second-order valence-corrected chi connectivity index (χ2v) is 6.91. The predicted octanol–water partition coefficient (Wildman–Crippen LogP) is 4.20. The van der Waals surface area contributed by atoms with E-state index in [0.717, 1.165) is 22.6 Å². The van der Waals surface area contributed by atoms with Crippen LogP contribution in [-0.4, -0.2) is 15.7 Å². The zero-order valence-electron chi connectivity index (χ0n) is 15.6. The number of hydrogen-bond acceptors (Lipinski definition) is 3. The van der Waals surface area contributed by atoms with Crippen molar-refractivity contribution in [3.05, 3.63) is 81.6 Å². The minimum absolute atomic E-state index is 0.166. The number of nitrogens with zero attached hydrogens (tertiary/aromatic N) is 2. The molecular weight excluding hydrogens is 362 g/mol. The molecular formula is C21H22ClN3O2. The van der Waals surface area contributed by atoms with Crippen molar-refractivity contribution in [2.75, 3.05) is 0 Å². The van der Waals surface area contributed by atoms with Gasteiger partial charge in [0.25, 0.3) is 5.91 Å². The van der Waals surface area contributed by atoms with E-state index >= 15 is 0 Å². The van der Waals surface area contributed by atoms with Gasteiger partial charge in [-0.15, -0.1) is 0 Å². The minimum atomic E-state index is -0.166. The topological polar surface area (TPSA) is 56.1 Å². The number of halogens is 1. The first kappa shape index (κ1) is 19.0. The molecule has 0 atom stereocenters. The van der Waals surface area contributed by atoms with Crippen LogP contribution in [0.1, 0.15) is 32.7 Å². The molecule has 140 valence electrons. The third kappa shape index (κ3) is 4.68. The maximum atomic E-state index is 12.5. The average Bonchev–Trinajstić information content (AvgIpc) is 2.97. The highest BCUT2D eigenvalue weighted by Gasteiger charge is 2.11. The lowest BCUT2D eigenvalue weighted by Gasteiger charge is -2.11. The third-order valence-electron chi connectivity index (χ3n) is 4.34. The van der Waals surface area contributed by atoms with E-state index in [2.05, 4.69) is 23.4 Å². The van der Waals surface area contributed by atoms with E-state index in [4.69, 9.17) is 16.3 Å². The summed E-state index contributed by atoms with van der Waals surface area (Å²) in [7, 11) is 1.79. The minimum Gasteiger partial charge on any atom is -0.489 e. The van der Waals surface area contributed by atoms with E-state index < -0.39 is 0 Å². The van der Waals surface area contributed by atoms with Gasteiger partial charge in [0.05, 0.1) is 23.5 Å². The summed E-state index contributed by atoms with van der Waals surface area (Å²) >= 11 is 6.07. The van der Waals surface area contributed by atoms with Crippen LogP contribution >= 0.6 is 11.6 Å². The Kier molecular flexibility index (Phi) is 5.81. The standard InChI is InChI=1S/C21H22ClN3O2/c1-14-7-8-20(15(2)9-14)27-13-16-5-4-6-17(10-16)21(26)23-12-19-18(22)11-24-25(19)3/h4-11H,12-13H2,1-3H3,(H,23,26). The highest BCUT2D eigenvalue weighted by atomic mass is 35.5. The average molecular weight is 384 g/mol. The Morgan fingerprint density at radius 1 is 1.22 bits per heavy atom. The summed E-state index contributed by atoms with van der Waals surface area (Å²) in [5.41, 5.74) is 4.57. The Labute approximate surface area is 163 Å². The molecule has 5 nitrogen and oxygen atoms in total. The number of amides is 1. The third-order valence-corrected chi connectivity index (χ3v) is 4.66. The van der Waals surface area contributed by atoms with Gasteiger partial charge in [0.15, 0.2) is 0 Å². The summed E-state index contributed by atoms with van der Waals surface area (Å²) < 4.78 is 7.55. The quantitative estimate of drug-likeness (QED) is 0.694. The summed E-state index contributed by atoms with van der Waals surface area (Å²) in [6.07, 6.45) is 1.56. The first-order chi connectivity index (χ1) is 12.9. The highest BCUT2D eigenvalue weighted by Crippen LogP contribution is 2.20. The highest BCUT2D eigenvalue weighted by molar-refractivity contribution is 6.31. The first-order valence-electron chi connectivity index (χ1n) is 8.67. The molecule has 2 aromatic carbocycles. The number of ether oxygens (including phenoxy) is 1. The molecule has 0 aliphatic carbocycles. The molecule has 0 bridgehead atoms. The van der Waals surface area contributed by atoms with Crippen LogP contribution in [0.25, 0.3) is 0 Å². The zero-order valence-corrected chi connectivity index (χ0v) is 16.4. The Bertz CT molecular complexity index is 946. The van der Waals surface area contributed by atoms with Crippen molar-refractivity contribution in [2.45, 2.75) is 27.0 Å². The smallest absolute Gasteiger partial charge is 0.251 e. The van der Waals surface area contributed by atoms with Crippen molar-refractivity contribution >= 4 is 17.5 Å². The summed E-state index contributed by atoms with van der Waals surface area (Å²) in [6.45, 7) is 4.79. The molecule has 0 fully saturated rings. The van der Waals surface area contributed by atoms with E-state index in [-0.39, 0.29) is 5.91 Å². The molecule has 1 N–H and O–H groups in total. The Hall–Kier alpha value is -2.79. The van der Waals surface area contributed by atoms with Crippen LogP contribution in [0.3, 0.4) is 0 Å². The van der Waals surface area contributed by atoms with Gasteiger partial charge >= 0.3 is 0 Å². The van der Waals surface area contributed by atoms with Crippen LogP contribution in [0.4, 0.5) is 0 Å². The lowest BCUT2D eigenvalue weighted by Crippen LogP contribution is -2.24. The van der Waals surface area contributed by atoms with Crippen LogP contribution in [0, 0.1) is 13.8 Å². The molecule has 3 rings (SSSR count). The number of aromatic nitrogens is 2. The Balaban J connectivity index is 1.63. The van der Waals surface area contributed by atoms with Crippen molar-refractivity contribution in [2.24, 2.45) is 7.05 Å². The fourth-order valence-electron chi connectivity index (χ4n) is 2.83. The summed E-state index contributed by atoms with van der Waals surface area (Å²) in [5.74, 6) is 0.682.